The lowest BCUT2D eigenvalue weighted by molar-refractivity contribution is 0.215. The zero-order valence-electron chi connectivity index (χ0n) is 13.4. The molecule has 2 heterocycles. The molecular weight excluding hydrogens is 358 g/mol. The van der Waals surface area contributed by atoms with Crippen LogP contribution in [0.1, 0.15) is 25.7 Å². The molecule has 1 aromatic carbocycles. The Balaban J connectivity index is 1.61. The maximum absolute atomic E-state index is 10.0. The molecule has 25 heavy (non-hydrogen) atoms. The summed E-state index contributed by atoms with van der Waals surface area (Å²) >= 11 is 7.59. The fourth-order valence-corrected chi connectivity index (χ4v) is 3.84. The predicted octanol–water partition coefficient (Wildman–Crippen LogP) is 5.14. The number of fused-ring (bicyclic) bond motifs is 1. The van der Waals surface area contributed by atoms with Crippen LogP contribution in [0.5, 0.6) is 11.5 Å². The maximum Gasteiger partial charge on any atom is 0.210 e. The van der Waals surface area contributed by atoms with E-state index < -0.39 is 6.10 Å². The van der Waals surface area contributed by atoms with Crippen molar-refractivity contribution in [3.63, 3.8) is 0 Å². The van der Waals surface area contributed by atoms with Crippen molar-refractivity contribution < 1.29 is 9.84 Å². The van der Waals surface area contributed by atoms with Crippen LogP contribution in [0.3, 0.4) is 0 Å². The fraction of sp³-hybridized carbons (Fsp3) is 0.278. The molecule has 0 unspecified atom stereocenters. The Morgan fingerprint density at radius 3 is 3.04 bits per heavy atom. The van der Waals surface area contributed by atoms with Crippen molar-refractivity contribution in [3.05, 3.63) is 41.7 Å². The summed E-state index contributed by atoms with van der Waals surface area (Å²) in [5.74, 6) is 1.18. The highest BCUT2D eigenvalue weighted by Crippen LogP contribution is 2.34. The molecule has 0 saturated heterocycles. The van der Waals surface area contributed by atoms with Gasteiger partial charge in [-0.05, 0) is 37.5 Å². The molecule has 0 bridgehead atoms. The molecule has 5 nitrogen and oxygen atoms in total. The second-order valence-corrected chi connectivity index (χ2v) is 7.32. The minimum absolute atomic E-state index is 0.438. The van der Waals surface area contributed by atoms with Gasteiger partial charge in [0.05, 0.1) is 27.5 Å². The normalized spacial score (nSPS) is 19.4. The van der Waals surface area contributed by atoms with E-state index in [1.807, 2.05) is 18.2 Å². The van der Waals surface area contributed by atoms with Crippen LogP contribution in [0.25, 0.3) is 10.2 Å². The number of hydrogen-bond acceptors (Lipinski definition) is 6. The van der Waals surface area contributed by atoms with Gasteiger partial charge in [-0.25, -0.2) is 9.98 Å². The van der Waals surface area contributed by atoms with Crippen LogP contribution >= 0.6 is 22.9 Å². The van der Waals surface area contributed by atoms with E-state index in [0.29, 0.717) is 21.7 Å². The summed E-state index contributed by atoms with van der Waals surface area (Å²) in [4.78, 5) is 13.1. The molecule has 1 aliphatic rings. The van der Waals surface area contributed by atoms with Crippen LogP contribution in [0, 0.1) is 0 Å². The van der Waals surface area contributed by atoms with Crippen LogP contribution in [-0.4, -0.2) is 26.9 Å². The number of ether oxygens (including phenoxy) is 1. The van der Waals surface area contributed by atoms with Crippen LogP contribution in [0.15, 0.2) is 41.7 Å². The van der Waals surface area contributed by atoms with Crippen molar-refractivity contribution in [2.45, 2.75) is 31.8 Å². The third-order valence-electron chi connectivity index (χ3n) is 4.09. The van der Waals surface area contributed by atoms with Crippen molar-refractivity contribution in [1.82, 2.24) is 9.97 Å². The minimum Gasteiger partial charge on any atom is -0.454 e. The molecule has 0 aliphatic heterocycles. The topological polar surface area (TPSA) is 67.6 Å². The number of aromatic nitrogens is 2. The largest absolute Gasteiger partial charge is 0.454 e. The molecule has 4 rings (SSSR count). The van der Waals surface area contributed by atoms with E-state index in [2.05, 4.69) is 15.0 Å². The third kappa shape index (κ3) is 3.66. The van der Waals surface area contributed by atoms with Crippen molar-refractivity contribution in [2.75, 3.05) is 0 Å². The van der Waals surface area contributed by atoms with E-state index in [-0.39, 0.29) is 0 Å². The molecule has 1 N–H and O–H groups in total. The second-order valence-electron chi connectivity index (χ2n) is 5.90. The van der Waals surface area contributed by atoms with Gasteiger partial charge in [0, 0.05) is 18.0 Å². The van der Waals surface area contributed by atoms with Crippen LogP contribution in [-0.2, 0) is 0 Å². The van der Waals surface area contributed by atoms with Gasteiger partial charge >= 0.3 is 0 Å². The lowest BCUT2D eigenvalue weighted by Crippen LogP contribution is -2.23. The first-order valence-electron chi connectivity index (χ1n) is 8.12. The molecule has 0 radical (unpaired) electrons. The number of pyridine rings is 1. The molecule has 1 fully saturated rings. The molecule has 3 aromatic rings. The molecule has 128 valence electrons. The number of aliphatic hydroxyl groups excluding tert-OH is 1. The number of benzene rings is 1. The first kappa shape index (κ1) is 16.4. The Hall–Kier alpha value is -2.02. The highest BCUT2D eigenvalue weighted by molar-refractivity contribution is 7.22. The van der Waals surface area contributed by atoms with E-state index in [9.17, 15) is 5.11 Å². The zero-order valence-corrected chi connectivity index (χ0v) is 14.9. The van der Waals surface area contributed by atoms with Crippen LogP contribution in [0.2, 0.25) is 5.02 Å². The average Bonchev–Trinajstić information content (AvgIpc) is 3.01. The van der Waals surface area contributed by atoms with Gasteiger partial charge in [-0.2, -0.15) is 0 Å². The number of nitrogens with zero attached hydrogens (tertiary/aromatic N) is 3. The SMILES string of the molecule is O[C@@H]1CCCCC1=Nc1nc2ccc(Oc3cnccc3Cl)cc2s1. The highest BCUT2D eigenvalue weighted by Gasteiger charge is 2.18. The Bertz CT molecular complexity index is 941. The summed E-state index contributed by atoms with van der Waals surface area (Å²) in [6, 6.07) is 7.34. The van der Waals surface area contributed by atoms with Gasteiger partial charge in [0.25, 0.3) is 0 Å². The molecular formula is C18H16ClN3O2S. The number of thiazole rings is 1. The van der Waals surface area contributed by atoms with E-state index >= 15 is 0 Å². The fourth-order valence-electron chi connectivity index (χ4n) is 2.80. The Kier molecular flexibility index (Phi) is 4.65. The van der Waals surface area contributed by atoms with Crippen LogP contribution < -0.4 is 4.74 Å². The van der Waals surface area contributed by atoms with E-state index in [0.717, 1.165) is 41.6 Å². The zero-order chi connectivity index (χ0) is 17.2. The molecule has 7 heteroatoms. The van der Waals surface area contributed by atoms with Gasteiger partial charge < -0.3 is 9.84 Å². The van der Waals surface area contributed by atoms with Crippen LogP contribution in [0.4, 0.5) is 5.13 Å². The maximum atomic E-state index is 10.0. The Morgan fingerprint density at radius 1 is 1.28 bits per heavy atom. The molecule has 1 aliphatic carbocycles. The summed E-state index contributed by atoms with van der Waals surface area (Å²) in [5.41, 5.74) is 1.70. The van der Waals surface area contributed by atoms with Crippen molar-refractivity contribution in [1.29, 1.82) is 0 Å². The summed E-state index contributed by atoms with van der Waals surface area (Å²) in [5, 5.41) is 11.2. The second kappa shape index (κ2) is 7.07. The van der Waals surface area contributed by atoms with Gasteiger partial charge in [-0.1, -0.05) is 29.4 Å². The summed E-state index contributed by atoms with van der Waals surface area (Å²) in [7, 11) is 0. The van der Waals surface area contributed by atoms with Crippen molar-refractivity contribution >= 4 is 44.0 Å². The first-order valence-corrected chi connectivity index (χ1v) is 9.32. The monoisotopic (exact) mass is 373 g/mol. The standard InChI is InChI=1S/C18H16ClN3O2S/c19-12-7-8-20-10-16(12)24-11-5-6-14-17(9-11)25-18(22-14)21-13-3-1-2-4-15(13)23/h5-10,15,23H,1-4H2/t15-/m1/s1. The summed E-state index contributed by atoms with van der Waals surface area (Å²) < 4.78 is 6.78. The highest BCUT2D eigenvalue weighted by atomic mass is 35.5. The number of rotatable bonds is 3. The van der Waals surface area contributed by atoms with E-state index in [1.165, 1.54) is 11.3 Å². The van der Waals surface area contributed by atoms with E-state index in [1.54, 1.807) is 18.5 Å². The molecule has 1 atom stereocenters. The lowest BCUT2D eigenvalue weighted by Gasteiger charge is -2.18. The van der Waals surface area contributed by atoms with E-state index in [4.69, 9.17) is 16.3 Å². The van der Waals surface area contributed by atoms with Gasteiger partial charge in [0.15, 0.2) is 5.75 Å². The van der Waals surface area contributed by atoms with Gasteiger partial charge in [0.1, 0.15) is 5.75 Å². The number of halogens is 1. The van der Waals surface area contributed by atoms with Crippen molar-refractivity contribution in [2.24, 2.45) is 4.99 Å². The average molecular weight is 374 g/mol. The van der Waals surface area contributed by atoms with Gasteiger partial charge in [-0.3, -0.25) is 4.98 Å². The summed E-state index contributed by atoms with van der Waals surface area (Å²) in [6.07, 6.45) is 6.52. The quantitative estimate of drug-likeness (QED) is 0.689. The minimum atomic E-state index is -0.438. The predicted molar refractivity (Wildman–Crippen MR) is 101 cm³/mol. The van der Waals surface area contributed by atoms with Crippen molar-refractivity contribution in [3.8, 4) is 11.5 Å². The lowest BCUT2D eigenvalue weighted by atomic mass is 9.96. The molecule has 2 aromatic heterocycles. The van der Waals surface area contributed by atoms with Gasteiger partial charge in [0.2, 0.25) is 5.13 Å². The van der Waals surface area contributed by atoms with Gasteiger partial charge in [-0.15, -0.1) is 0 Å². The third-order valence-corrected chi connectivity index (χ3v) is 5.32. The smallest absolute Gasteiger partial charge is 0.210 e. The molecule has 0 amide bonds. The Labute approximate surface area is 154 Å². The number of aliphatic imine (C=N–C) groups is 1. The Morgan fingerprint density at radius 2 is 2.20 bits per heavy atom. The first-order chi connectivity index (χ1) is 12.2. The summed E-state index contributed by atoms with van der Waals surface area (Å²) in [6.45, 7) is 0. The number of hydrogen-bond donors (Lipinski definition) is 1. The number of aliphatic hydroxyl groups is 1. The molecule has 1 saturated carbocycles. The molecule has 0 spiro atoms.